The lowest BCUT2D eigenvalue weighted by atomic mass is 10.1. The molecule has 11 heteroatoms. The van der Waals surface area contributed by atoms with Gasteiger partial charge in [-0.05, 0) is 33.2 Å². The highest BCUT2D eigenvalue weighted by Gasteiger charge is 2.20. The molecule has 1 fully saturated rings. The van der Waals surface area contributed by atoms with Gasteiger partial charge in [-0.15, -0.1) is 0 Å². The zero-order valence-electron chi connectivity index (χ0n) is 24.2. The summed E-state index contributed by atoms with van der Waals surface area (Å²) >= 11 is 0. The SMILES string of the molecule is C=CC(=O)Nc1cc(Nc2nccc(-n3cc(CN(C)C)c(-c4ccccc4)n3)n2)c(OCC)cc1N1CCOCC1. The number of hydrogen-bond donors (Lipinski definition) is 2. The van der Waals surface area contributed by atoms with E-state index in [4.69, 9.17) is 19.6 Å². The summed E-state index contributed by atoms with van der Waals surface area (Å²) in [4.78, 5) is 25.8. The van der Waals surface area contributed by atoms with E-state index in [1.807, 2.05) is 63.6 Å². The highest BCUT2D eigenvalue weighted by atomic mass is 16.5. The van der Waals surface area contributed by atoms with Gasteiger partial charge in [0.05, 0.1) is 42.6 Å². The van der Waals surface area contributed by atoms with Crippen molar-refractivity contribution in [3.8, 4) is 22.8 Å². The number of aromatic nitrogens is 4. The van der Waals surface area contributed by atoms with E-state index in [1.54, 1.807) is 10.9 Å². The minimum Gasteiger partial charge on any atom is -0.492 e. The molecular formula is C31H36N8O3. The third kappa shape index (κ3) is 6.76. The first-order valence-corrected chi connectivity index (χ1v) is 13.9. The Kier molecular flexibility index (Phi) is 9.10. The van der Waals surface area contributed by atoms with Crippen LogP contribution in [0.4, 0.5) is 23.0 Å². The molecule has 218 valence electrons. The largest absolute Gasteiger partial charge is 0.492 e. The molecule has 2 aromatic carbocycles. The lowest BCUT2D eigenvalue weighted by Crippen LogP contribution is -2.36. The van der Waals surface area contributed by atoms with Gasteiger partial charge >= 0.3 is 0 Å². The molecule has 42 heavy (non-hydrogen) atoms. The van der Waals surface area contributed by atoms with E-state index in [1.165, 1.54) is 6.08 Å². The standard InChI is InChI=1S/C31H36N8O3/c1-5-29(40)33-24-18-25(27(42-6-2)19-26(24)38-14-16-41-17-15-38)34-31-32-13-12-28(35-31)39-21-23(20-37(3)4)30(36-39)22-10-8-7-9-11-22/h5,7-13,18-19,21H,1,6,14-17,20H2,2-4H3,(H,33,40)(H,32,34,35). The van der Waals surface area contributed by atoms with Gasteiger partial charge in [0.15, 0.2) is 5.82 Å². The van der Waals surface area contributed by atoms with Gasteiger partial charge in [-0.3, -0.25) is 4.79 Å². The van der Waals surface area contributed by atoms with Crippen LogP contribution in [-0.2, 0) is 16.1 Å². The van der Waals surface area contributed by atoms with Crippen LogP contribution in [0.1, 0.15) is 12.5 Å². The Bertz CT molecular complexity index is 1530. The van der Waals surface area contributed by atoms with E-state index in [-0.39, 0.29) is 5.91 Å². The molecule has 2 aromatic heterocycles. The molecule has 0 aliphatic carbocycles. The Morgan fingerprint density at radius 1 is 1.14 bits per heavy atom. The molecule has 3 heterocycles. The maximum atomic E-state index is 12.3. The molecule has 0 spiro atoms. The number of benzene rings is 2. The lowest BCUT2D eigenvalue weighted by Gasteiger charge is -2.31. The normalized spacial score (nSPS) is 13.2. The van der Waals surface area contributed by atoms with E-state index < -0.39 is 0 Å². The number of morpholine rings is 1. The van der Waals surface area contributed by atoms with Crippen molar-refractivity contribution in [3.63, 3.8) is 0 Å². The number of carbonyl (C=O) groups excluding carboxylic acids is 1. The zero-order chi connectivity index (χ0) is 29.5. The van der Waals surface area contributed by atoms with Gasteiger partial charge in [0.2, 0.25) is 11.9 Å². The Labute approximate surface area is 245 Å². The molecule has 1 amide bonds. The first kappa shape index (κ1) is 28.8. The summed E-state index contributed by atoms with van der Waals surface area (Å²) in [5.74, 6) is 1.28. The van der Waals surface area contributed by atoms with Gasteiger partial charge < -0.3 is 29.9 Å². The van der Waals surface area contributed by atoms with Gasteiger partial charge in [0.25, 0.3) is 0 Å². The van der Waals surface area contributed by atoms with Crippen LogP contribution in [0.15, 0.2) is 73.6 Å². The lowest BCUT2D eigenvalue weighted by molar-refractivity contribution is -0.111. The van der Waals surface area contributed by atoms with Crippen LogP contribution in [0.25, 0.3) is 17.1 Å². The quantitative estimate of drug-likeness (QED) is 0.253. The Morgan fingerprint density at radius 2 is 1.93 bits per heavy atom. The highest BCUT2D eigenvalue weighted by molar-refractivity contribution is 6.02. The molecule has 5 rings (SSSR count). The van der Waals surface area contributed by atoms with Crippen LogP contribution in [-0.4, -0.2) is 77.6 Å². The molecule has 1 aliphatic rings. The Morgan fingerprint density at radius 3 is 2.64 bits per heavy atom. The molecule has 0 saturated carbocycles. The highest BCUT2D eigenvalue weighted by Crippen LogP contribution is 2.39. The molecule has 0 radical (unpaired) electrons. The maximum absolute atomic E-state index is 12.3. The van der Waals surface area contributed by atoms with Crippen molar-refractivity contribution in [1.29, 1.82) is 0 Å². The first-order chi connectivity index (χ1) is 20.4. The average Bonchev–Trinajstić information content (AvgIpc) is 3.42. The second kappa shape index (κ2) is 13.3. The number of hydrogen-bond acceptors (Lipinski definition) is 9. The van der Waals surface area contributed by atoms with Crippen molar-refractivity contribution in [2.45, 2.75) is 13.5 Å². The molecule has 4 aromatic rings. The van der Waals surface area contributed by atoms with Crippen LogP contribution in [0.3, 0.4) is 0 Å². The zero-order valence-corrected chi connectivity index (χ0v) is 24.2. The molecule has 0 unspecified atom stereocenters. The molecule has 11 nitrogen and oxygen atoms in total. The van der Waals surface area contributed by atoms with Crippen LogP contribution in [0.2, 0.25) is 0 Å². The Hall–Kier alpha value is -4.74. The molecular weight excluding hydrogens is 532 g/mol. The third-order valence-electron chi connectivity index (χ3n) is 6.64. The molecule has 2 N–H and O–H groups in total. The van der Waals surface area contributed by atoms with Crippen molar-refractivity contribution >= 4 is 28.9 Å². The monoisotopic (exact) mass is 568 g/mol. The summed E-state index contributed by atoms with van der Waals surface area (Å²) in [6, 6.07) is 15.7. The maximum Gasteiger partial charge on any atom is 0.247 e. The number of anilines is 4. The number of nitrogens with zero attached hydrogens (tertiary/aromatic N) is 6. The topological polar surface area (TPSA) is 110 Å². The summed E-state index contributed by atoms with van der Waals surface area (Å²) < 4.78 is 13.3. The van der Waals surface area contributed by atoms with Gasteiger partial charge in [0.1, 0.15) is 5.75 Å². The molecule has 0 atom stereocenters. The summed E-state index contributed by atoms with van der Waals surface area (Å²) in [6.07, 6.45) is 4.93. The van der Waals surface area contributed by atoms with E-state index in [0.29, 0.717) is 61.8 Å². The van der Waals surface area contributed by atoms with Crippen molar-refractivity contribution in [1.82, 2.24) is 24.6 Å². The van der Waals surface area contributed by atoms with Crippen molar-refractivity contribution < 1.29 is 14.3 Å². The van der Waals surface area contributed by atoms with Crippen molar-refractivity contribution in [3.05, 3.63) is 79.1 Å². The molecule has 0 bridgehead atoms. The second-order valence-electron chi connectivity index (χ2n) is 10.0. The average molecular weight is 569 g/mol. The van der Waals surface area contributed by atoms with E-state index in [9.17, 15) is 4.79 Å². The summed E-state index contributed by atoms with van der Waals surface area (Å²) in [5.41, 5.74) is 5.10. The summed E-state index contributed by atoms with van der Waals surface area (Å²) in [6.45, 7) is 9.33. The smallest absolute Gasteiger partial charge is 0.247 e. The fourth-order valence-electron chi connectivity index (χ4n) is 4.77. The predicted molar refractivity (Wildman–Crippen MR) is 165 cm³/mol. The number of carbonyl (C=O) groups is 1. The number of ether oxygens (including phenoxy) is 2. The van der Waals surface area contributed by atoms with Crippen LogP contribution >= 0.6 is 0 Å². The summed E-state index contributed by atoms with van der Waals surface area (Å²) in [5, 5.41) is 11.1. The minimum atomic E-state index is -0.306. The Balaban J connectivity index is 1.50. The van der Waals surface area contributed by atoms with Gasteiger partial charge in [-0.1, -0.05) is 36.9 Å². The summed E-state index contributed by atoms with van der Waals surface area (Å²) in [7, 11) is 4.07. The van der Waals surface area contributed by atoms with Crippen molar-refractivity contribution in [2.75, 3.05) is 62.5 Å². The third-order valence-corrected chi connectivity index (χ3v) is 6.64. The molecule has 1 aliphatic heterocycles. The van der Waals surface area contributed by atoms with Crippen molar-refractivity contribution in [2.24, 2.45) is 0 Å². The van der Waals surface area contributed by atoms with Gasteiger partial charge in [-0.2, -0.15) is 10.1 Å². The number of amides is 1. The van der Waals surface area contributed by atoms with Gasteiger partial charge in [0, 0.05) is 55.3 Å². The van der Waals surface area contributed by atoms with E-state index in [0.717, 1.165) is 29.1 Å². The fourth-order valence-corrected chi connectivity index (χ4v) is 4.77. The number of nitrogens with one attached hydrogen (secondary N) is 2. The van der Waals surface area contributed by atoms with Crippen LogP contribution in [0, 0.1) is 0 Å². The second-order valence-corrected chi connectivity index (χ2v) is 10.0. The minimum absolute atomic E-state index is 0.306. The first-order valence-electron chi connectivity index (χ1n) is 13.9. The van der Waals surface area contributed by atoms with Gasteiger partial charge in [-0.25, -0.2) is 9.67 Å². The number of rotatable bonds is 11. The van der Waals surface area contributed by atoms with Crippen LogP contribution in [0.5, 0.6) is 5.75 Å². The predicted octanol–water partition coefficient (Wildman–Crippen LogP) is 4.49. The molecule has 1 saturated heterocycles. The van der Waals surface area contributed by atoms with E-state index in [2.05, 4.69) is 44.1 Å². The van der Waals surface area contributed by atoms with E-state index >= 15 is 0 Å². The fraction of sp³-hybridized carbons (Fsp3) is 0.290. The van der Waals surface area contributed by atoms with Crippen LogP contribution < -0.4 is 20.3 Å².